The highest BCUT2D eigenvalue weighted by Gasteiger charge is 2.13. The van der Waals surface area contributed by atoms with E-state index in [2.05, 4.69) is 54.1 Å². The van der Waals surface area contributed by atoms with Gasteiger partial charge in [-0.2, -0.15) is 5.21 Å². The van der Waals surface area contributed by atoms with Crippen LogP contribution in [0.1, 0.15) is 11.1 Å². The van der Waals surface area contributed by atoms with Crippen LogP contribution in [0.5, 0.6) is 0 Å². The number of tetrazole rings is 1. The molecule has 0 radical (unpaired) electrons. The van der Waals surface area contributed by atoms with Gasteiger partial charge in [0.2, 0.25) is 0 Å². The minimum atomic E-state index is 0.780. The Labute approximate surface area is 91.7 Å². The number of aromatic amines is 1. The van der Waals surface area contributed by atoms with Crippen LogP contribution in [-0.4, -0.2) is 20.0 Å². The molecule has 0 aliphatic heterocycles. The summed E-state index contributed by atoms with van der Waals surface area (Å²) in [7, 11) is 0. The number of thiol groups is 1. The molecule has 0 spiro atoms. The van der Waals surface area contributed by atoms with Crippen LogP contribution < -0.4 is 0 Å². The first-order valence-corrected chi connectivity index (χ1v) is 5.14. The number of hydrogen-bond acceptors (Lipinski definition) is 3. The van der Waals surface area contributed by atoms with Gasteiger partial charge in [0.05, 0.1) is 10.4 Å². The quantitative estimate of drug-likeness (QED) is 0.568. The fourth-order valence-electron chi connectivity index (χ4n) is 2.07. The van der Waals surface area contributed by atoms with Crippen LogP contribution in [0.25, 0.3) is 16.6 Å². The molecule has 0 aliphatic carbocycles. The van der Waals surface area contributed by atoms with Gasteiger partial charge in [-0.1, -0.05) is 16.8 Å². The molecule has 0 unspecified atom stereocenters. The Hall–Kier alpha value is -1.49. The van der Waals surface area contributed by atoms with Crippen LogP contribution in [-0.2, 0) is 0 Å². The van der Waals surface area contributed by atoms with E-state index in [-0.39, 0.29) is 0 Å². The van der Waals surface area contributed by atoms with Crippen molar-refractivity contribution < 1.29 is 0 Å². The molecular weight excluding hydrogens is 208 g/mol. The number of fused-ring (bicyclic) bond motifs is 3. The Balaban J connectivity index is 2.67. The number of nitrogens with zero attached hydrogens (tertiary/aromatic N) is 3. The molecule has 5 heteroatoms. The lowest BCUT2D eigenvalue weighted by atomic mass is 10.1. The number of rotatable bonds is 0. The van der Waals surface area contributed by atoms with Gasteiger partial charge in [-0.15, -0.1) is 17.7 Å². The summed E-state index contributed by atoms with van der Waals surface area (Å²) in [5, 5.41) is 11.8. The van der Waals surface area contributed by atoms with E-state index in [0.717, 1.165) is 21.4 Å². The lowest BCUT2D eigenvalue weighted by molar-refractivity contribution is 0.841. The molecule has 1 aromatic carbocycles. The summed E-state index contributed by atoms with van der Waals surface area (Å²) in [4.78, 5) is 0.880. The molecule has 2 heterocycles. The van der Waals surface area contributed by atoms with Crippen LogP contribution in [0.3, 0.4) is 0 Å². The molecule has 0 amide bonds. The molecule has 76 valence electrons. The highest BCUT2D eigenvalue weighted by atomic mass is 32.1. The second-order valence-corrected chi connectivity index (χ2v) is 4.23. The fraction of sp³-hybridized carbons (Fsp3) is 0.200. The lowest BCUT2D eigenvalue weighted by Gasteiger charge is -1.99. The molecule has 1 N–H and O–H groups in total. The molecule has 4 nitrogen and oxygen atoms in total. The average Bonchev–Trinajstić information content (AvgIpc) is 2.71. The average molecular weight is 218 g/mol. The summed E-state index contributed by atoms with van der Waals surface area (Å²) in [5.41, 5.74) is 4.32. The van der Waals surface area contributed by atoms with E-state index in [0.29, 0.717) is 0 Å². The van der Waals surface area contributed by atoms with Crippen molar-refractivity contribution in [3.63, 3.8) is 0 Å². The summed E-state index contributed by atoms with van der Waals surface area (Å²) >= 11 is 4.48. The predicted octanol–water partition coefficient (Wildman–Crippen LogP) is 2.12. The van der Waals surface area contributed by atoms with Crippen molar-refractivity contribution in [1.29, 1.82) is 0 Å². The first-order chi connectivity index (χ1) is 7.18. The number of benzene rings is 1. The van der Waals surface area contributed by atoms with Crippen molar-refractivity contribution in [3.8, 4) is 0 Å². The molecule has 15 heavy (non-hydrogen) atoms. The van der Waals surface area contributed by atoms with E-state index in [9.17, 15) is 0 Å². The smallest absolute Gasteiger partial charge is 0.191 e. The second-order valence-electron chi connectivity index (χ2n) is 3.79. The van der Waals surface area contributed by atoms with E-state index in [1.165, 1.54) is 11.1 Å². The first kappa shape index (κ1) is 8.79. The first-order valence-electron chi connectivity index (χ1n) is 4.70. The van der Waals surface area contributed by atoms with Gasteiger partial charge < -0.3 is 0 Å². The van der Waals surface area contributed by atoms with Gasteiger partial charge in [-0.3, -0.25) is 0 Å². The zero-order valence-electron chi connectivity index (χ0n) is 8.44. The topological polar surface area (TPSA) is 46.0 Å². The molecule has 0 aliphatic rings. The predicted molar refractivity (Wildman–Crippen MR) is 61.6 cm³/mol. The van der Waals surface area contributed by atoms with Crippen LogP contribution in [0.2, 0.25) is 0 Å². The number of H-pyrrole nitrogens is 1. The summed E-state index contributed by atoms with van der Waals surface area (Å²) in [6.45, 7) is 4.16. The number of hydrogen-bond donors (Lipinski definition) is 2. The summed E-state index contributed by atoms with van der Waals surface area (Å²) in [6, 6.07) is 4.26. The van der Waals surface area contributed by atoms with Crippen LogP contribution >= 0.6 is 12.6 Å². The normalized spacial score (nSPS) is 11.7. The van der Waals surface area contributed by atoms with Crippen molar-refractivity contribution in [2.24, 2.45) is 0 Å². The van der Waals surface area contributed by atoms with Crippen molar-refractivity contribution >= 4 is 29.2 Å². The number of aryl methyl sites for hydroxylation is 2. The minimum Gasteiger partial charge on any atom is -0.217 e. The number of aromatic nitrogens is 4. The molecule has 0 bridgehead atoms. The van der Waals surface area contributed by atoms with E-state index < -0.39 is 0 Å². The zero-order chi connectivity index (χ0) is 10.6. The van der Waals surface area contributed by atoms with Gasteiger partial charge in [-0.25, -0.2) is 4.52 Å². The highest BCUT2D eigenvalue weighted by Crippen LogP contribution is 2.30. The standard InChI is InChI=1S/C10H10N4S/c1-5-3-6(2)8-7(4-5)9(15)10-11-12-13-14(8)10/h3-4,15H,1-2H3,(H,11,13). The Morgan fingerprint density at radius 1 is 1.33 bits per heavy atom. The Bertz CT molecular complexity index is 665. The maximum Gasteiger partial charge on any atom is 0.191 e. The maximum absolute atomic E-state index is 4.48. The molecule has 3 rings (SSSR count). The molecule has 3 aromatic rings. The third kappa shape index (κ3) is 1.04. The molecule has 0 fully saturated rings. The van der Waals surface area contributed by atoms with Gasteiger partial charge in [0.1, 0.15) is 0 Å². The Morgan fingerprint density at radius 2 is 2.13 bits per heavy atom. The second kappa shape index (κ2) is 2.76. The SMILES string of the molecule is Cc1cc(C)c2c(c1)c(S)c1nn[nH]n12. The molecule has 0 saturated heterocycles. The summed E-state index contributed by atoms with van der Waals surface area (Å²) < 4.78 is 1.87. The van der Waals surface area contributed by atoms with E-state index in [1.54, 1.807) is 0 Å². The molecule has 2 aromatic heterocycles. The van der Waals surface area contributed by atoms with Crippen LogP contribution in [0, 0.1) is 13.8 Å². The monoisotopic (exact) mass is 218 g/mol. The van der Waals surface area contributed by atoms with Crippen molar-refractivity contribution in [2.45, 2.75) is 18.7 Å². The van der Waals surface area contributed by atoms with E-state index >= 15 is 0 Å². The Morgan fingerprint density at radius 3 is 2.93 bits per heavy atom. The van der Waals surface area contributed by atoms with Crippen LogP contribution in [0.4, 0.5) is 0 Å². The number of nitrogens with one attached hydrogen (secondary N) is 1. The third-order valence-corrected chi connectivity index (χ3v) is 3.08. The van der Waals surface area contributed by atoms with Crippen molar-refractivity contribution in [1.82, 2.24) is 20.0 Å². The minimum absolute atomic E-state index is 0.780. The van der Waals surface area contributed by atoms with E-state index in [1.807, 2.05) is 4.52 Å². The van der Waals surface area contributed by atoms with Gasteiger partial charge in [0, 0.05) is 5.39 Å². The van der Waals surface area contributed by atoms with Gasteiger partial charge in [0.25, 0.3) is 0 Å². The van der Waals surface area contributed by atoms with Crippen LogP contribution in [0.15, 0.2) is 17.0 Å². The van der Waals surface area contributed by atoms with Crippen molar-refractivity contribution in [3.05, 3.63) is 23.3 Å². The molecule has 0 atom stereocenters. The Kier molecular flexibility index (Phi) is 1.62. The van der Waals surface area contributed by atoms with Gasteiger partial charge >= 0.3 is 0 Å². The highest BCUT2D eigenvalue weighted by molar-refractivity contribution is 7.80. The van der Waals surface area contributed by atoms with Gasteiger partial charge in [-0.05, 0) is 25.5 Å². The zero-order valence-corrected chi connectivity index (χ0v) is 9.34. The fourth-order valence-corrected chi connectivity index (χ4v) is 2.39. The maximum atomic E-state index is 4.48. The van der Waals surface area contributed by atoms with E-state index in [4.69, 9.17) is 0 Å². The molecule has 0 saturated carbocycles. The lowest BCUT2D eigenvalue weighted by Crippen LogP contribution is -1.87. The molecular formula is C10H10N4S. The largest absolute Gasteiger partial charge is 0.217 e. The van der Waals surface area contributed by atoms with Crippen molar-refractivity contribution in [2.75, 3.05) is 0 Å². The summed E-state index contributed by atoms with van der Waals surface area (Å²) in [6.07, 6.45) is 0. The summed E-state index contributed by atoms with van der Waals surface area (Å²) in [5.74, 6) is 0. The third-order valence-electron chi connectivity index (χ3n) is 2.64. The van der Waals surface area contributed by atoms with Gasteiger partial charge in [0.15, 0.2) is 5.65 Å².